The third-order valence-electron chi connectivity index (χ3n) is 4.30. The van der Waals surface area contributed by atoms with Crippen LogP contribution in [-0.4, -0.2) is 34.0 Å². The van der Waals surface area contributed by atoms with Crippen LogP contribution in [0.1, 0.15) is 30.5 Å². The average Bonchev–Trinajstić information content (AvgIpc) is 3.14. The van der Waals surface area contributed by atoms with Crippen LogP contribution < -0.4 is 22.6 Å². The maximum absolute atomic E-state index is 6.03. The third kappa shape index (κ3) is 4.55. The Morgan fingerprint density at radius 2 is 2.04 bits per heavy atom. The molecule has 0 amide bonds. The number of nitrogens with zero attached hydrogens (tertiary/aromatic N) is 3. The number of H-pyrrole nitrogens is 1. The predicted molar refractivity (Wildman–Crippen MR) is 110 cm³/mol. The number of anilines is 1. The maximum atomic E-state index is 6.03. The minimum Gasteiger partial charge on any atom is -0.382 e. The number of rotatable bonds is 8. The summed E-state index contributed by atoms with van der Waals surface area (Å²) in [5.74, 6) is 6.16. The molecular weight excluding hydrogens is 340 g/mol. The normalized spacial score (nSPS) is 12.9. The first-order valence-electron chi connectivity index (χ1n) is 8.97. The van der Waals surface area contributed by atoms with Gasteiger partial charge in [0.1, 0.15) is 0 Å². The summed E-state index contributed by atoms with van der Waals surface area (Å²) in [6.45, 7) is 3.14. The SMILES string of the molecule is CCCN(N)/N=C(\N)c1ccc(C(CN)Nc2ccc3[nH]cnc3c2)cc1. The summed E-state index contributed by atoms with van der Waals surface area (Å²) in [7, 11) is 0. The fourth-order valence-electron chi connectivity index (χ4n) is 2.86. The van der Waals surface area contributed by atoms with Gasteiger partial charge in [-0.3, -0.25) is 0 Å². The van der Waals surface area contributed by atoms with Crippen LogP contribution in [0.3, 0.4) is 0 Å². The monoisotopic (exact) mass is 366 g/mol. The van der Waals surface area contributed by atoms with Gasteiger partial charge in [-0.2, -0.15) is 0 Å². The molecule has 3 aromatic rings. The van der Waals surface area contributed by atoms with Crippen molar-refractivity contribution in [1.82, 2.24) is 15.1 Å². The highest BCUT2D eigenvalue weighted by atomic mass is 15.6. The second-order valence-corrected chi connectivity index (χ2v) is 6.34. The van der Waals surface area contributed by atoms with Gasteiger partial charge in [0.2, 0.25) is 0 Å². The number of aromatic amines is 1. The lowest BCUT2D eigenvalue weighted by atomic mass is 10.0. The molecule has 0 saturated heterocycles. The van der Waals surface area contributed by atoms with Crippen molar-refractivity contribution < 1.29 is 0 Å². The molecule has 0 radical (unpaired) electrons. The van der Waals surface area contributed by atoms with Gasteiger partial charge >= 0.3 is 0 Å². The molecule has 8 N–H and O–H groups in total. The van der Waals surface area contributed by atoms with Crippen molar-refractivity contribution in [3.63, 3.8) is 0 Å². The van der Waals surface area contributed by atoms with Crippen LogP contribution in [0.4, 0.5) is 5.69 Å². The van der Waals surface area contributed by atoms with E-state index < -0.39 is 0 Å². The first-order chi connectivity index (χ1) is 13.1. The molecule has 0 fully saturated rings. The number of benzene rings is 2. The Kier molecular flexibility index (Phi) is 5.90. The van der Waals surface area contributed by atoms with E-state index in [9.17, 15) is 0 Å². The Hall–Kier alpha value is -3.10. The van der Waals surface area contributed by atoms with Crippen molar-refractivity contribution in [2.75, 3.05) is 18.4 Å². The Bertz CT molecular complexity index is 899. The Morgan fingerprint density at radius 3 is 2.74 bits per heavy atom. The average molecular weight is 366 g/mol. The summed E-state index contributed by atoms with van der Waals surface area (Å²) in [6.07, 6.45) is 2.59. The zero-order valence-corrected chi connectivity index (χ0v) is 15.4. The molecule has 0 aliphatic heterocycles. The topological polar surface area (TPSA) is 134 Å². The number of amidine groups is 1. The van der Waals surface area contributed by atoms with Gasteiger partial charge < -0.3 is 21.8 Å². The molecule has 142 valence electrons. The van der Waals surface area contributed by atoms with Crippen LogP contribution in [0.25, 0.3) is 11.0 Å². The van der Waals surface area contributed by atoms with Gasteiger partial charge in [0.05, 0.1) is 29.9 Å². The van der Waals surface area contributed by atoms with Crippen LogP contribution in [0.5, 0.6) is 0 Å². The van der Waals surface area contributed by atoms with E-state index in [4.69, 9.17) is 17.3 Å². The van der Waals surface area contributed by atoms with E-state index in [2.05, 4.69) is 20.4 Å². The second kappa shape index (κ2) is 8.52. The number of hydrogen-bond acceptors (Lipinski definition) is 6. The summed E-state index contributed by atoms with van der Waals surface area (Å²) in [6, 6.07) is 13.8. The molecule has 0 aliphatic carbocycles. The van der Waals surface area contributed by atoms with E-state index in [-0.39, 0.29) is 6.04 Å². The minimum absolute atomic E-state index is 0.0281. The zero-order valence-electron chi connectivity index (χ0n) is 15.4. The highest BCUT2D eigenvalue weighted by Gasteiger charge is 2.11. The molecule has 3 rings (SSSR count). The van der Waals surface area contributed by atoms with Crippen molar-refractivity contribution in [1.29, 1.82) is 0 Å². The largest absolute Gasteiger partial charge is 0.382 e. The molecule has 1 heterocycles. The van der Waals surface area contributed by atoms with Crippen LogP contribution >= 0.6 is 0 Å². The van der Waals surface area contributed by atoms with E-state index in [0.717, 1.165) is 34.3 Å². The van der Waals surface area contributed by atoms with Gasteiger partial charge in [-0.05, 0) is 30.2 Å². The first kappa shape index (κ1) is 18.7. The van der Waals surface area contributed by atoms with Crippen molar-refractivity contribution in [3.8, 4) is 0 Å². The van der Waals surface area contributed by atoms with Crippen LogP contribution in [0.15, 0.2) is 53.9 Å². The quantitative estimate of drug-likeness (QED) is 0.179. The van der Waals surface area contributed by atoms with E-state index in [1.54, 1.807) is 6.33 Å². The van der Waals surface area contributed by atoms with Gasteiger partial charge in [-0.15, -0.1) is 5.10 Å². The van der Waals surface area contributed by atoms with Gasteiger partial charge in [-0.1, -0.05) is 31.2 Å². The first-order valence-corrected chi connectivity index (χ1v) is 8.97. The van der Waals surface area contributed by atoms with Crippen LogP contribution in [-0.2, 0) is 0 Å². The van der Waals surface area contributed by atoms with Crippen molar-refractivity contribution in [2.24, 2.45) is 22.4 Å². The Balaban J connectivity index is 1.73. The van der Waals surface area contributed by atoms with E-state index in [1.165, 1.54) is 5.12 Å². The summed E-state index contributed by atoms with van der Waals surface area (Å²) in [5, 5.41) is 8.99. The number of imidazole rings is 1. The van der Waals surface area contributed by atoms with Crippen molar-refractivity contribution >= 4 is 22.6 Å². The lowest BCUT2D eigenvalue weighted by molar-refractivity contribution is 0.299. The second-order valence-electron chi connectivity index (χ2n) is 6.34. The van der Waals surface area contributed by atoms with E-state index >= 15 is 0 Å². The number of hydrogen-bond donors (Lipinski definition) is 5. The van der Waals surface area contributed by atoms with Crippen molar-refractivity contribution in [3.05, 3.63) is 59.9 Å². The minimum atomic E-state index is -0.0281. The standard InChI is InChI=1S/C19H26N8/c1-2-9-27(22)26-19(21)14-5-3-13(4-6-14)18(11-20)25-15-7-8-16-17(10-15)24-12-23-16/h3-8,10,12,18,25H,2,9,11,20,22H2,1H3,(H2,21,26)(H,23,24). The lowest BCUT2D eigenvalue weighted by Crippen LogP contribution is -2.30. The fourth-order valence-corrected chi connectivity index (χ4v) is 2.86. The number of fused-ring (bicyclic) bond motifs is 1. The molecule has 1 unspecified atom stereocenters. The van der Waals surface area contributed by atoms with Crippen molar-refractivity contribution in [2.45, 2.75) is 19.4 Å². The zero-order chi connectivity index (χ0) is 19.2. The van der Waals surface area contributed by atoms with Crippen LogP contribution in [0.2, 0.25) is 0 Å². The highest BCUT2D eigenvalue weighted by molar-refractivity contribution is 5.97. The fraction of sp³-hybridized carbons (Fsp3) is 0.263. The Morgan fingerprint density at radius 1 is 1.26 bits per heavy atom. The van der Waals surface area contributed by atoms with E-state index in [0.29, 0.717) is 18.9 Å². The molecule has 0 saturated carbocycles. The molecule has 1 atom stereocenters. The predicted octanol–water partition coefficient (Wildman–Crippen LogP) is 1.88. The number of nitrogens with two attached hydrogens (primary N) is 3. The molecule has 1 aromatic heterocycles. The summed E-state index contributed by atoms with van der Waals surface area (Å²) < 4.78 is 0. The molecule has 8 heteroatoms. The molecule has 27 heavy (non-hydrogen) atoms. The smallest absolute Gasteiger partial charge is 0.152 e. The van der Waals surface area contributed by atoms with E-state index in [1.807, 2.05) is 49.4 Å². The number of hydrazone groups is 1. The lowest BCUT2D eigenvalue weighted by Gasteiger charge is -2.19. The number of nitrogens with one attached hydrogen (secondary N) is 2. The summed E-state index contributed by atoms with van der Waals surface area (Å²) in [5.41, 5.74) is 16.8. The molecule has 2 aromatic carbocycles. The Labute approximate surface area is 158 Å². The molecule has 8 nitrogen and oxygen atoms in total. The third-order valence-corrected chi connectivity index (χ3v) is 4.30. The summed E-state index contributed by atoms with van der Waals surface area (Å²) >= 11 is 0. The number of aromatic nitrogens is 2. The summed E-state index contributed by atoms with van der Waals surface area (Å²) in [4.78, 5) is 7.37. The molecule has 0 bridgehead atoms. The van der Waals surface area contributed by atoms with Gasteiger partial charge in [0.15, 0.2) is 5.84 Å². The van der Waals surface area contributed by atoms with Gasteiger partial charge in [0, 0.05) is 17.8 Å². The molecular formula is C19H26N8. The maximum Gasteiger partial charge on any atom is 0.152 e. The molecule has 0 spiro atoms. The van der Waals surface area contributed by atoms with Gasteiger partial charge in [0.25, 0.3) is 0 Å². The highest BCUT2D eigenvalue weighted by Crippen LogP contribution is 2.22. The number of hydrazine groups is 1. The molecule has 0 aliphatic rings. The van der Waals surface area contributed by atoms with Crippen LogP contribution in [0, 0.1) is 0 Å². The van der Waals surface area contributed by atoms with Gasteiger partial charge in [-0.25, -0.2) is 15.9 Å².